The van der Waals surface area contributed by atoms with Crippen LogP contribution >= 0.6 is 0 Å². The number of nitrogens with zero attached hydrogens (tertiary/aromatic N) is 1. The largest absolute Gasteiger partial charge is 0.394 e. The van der Waals surface area contributed by atoms with E-state index in [1.165, 1.54) is 0 Å². The highest BCUT2D eigenvalue weighted by Crippen LogP contribution is 2.13. The van der Waals surface area contributed by atoms with E-state index in [1.54, 1.807) is 4.90 Å². The lowest BCUT2D eigenvalue weighted by Crippen LogP contribution is -2.47. The number of rotatable bonds is 2. The smallest absolute Gasteiger partial charge is 0.254 e. The fourth-order valence-corrected chi connectivity index (χ4v) is 2.00. The van der Waals surface area contributed by atoms with Crippen molar-refractivity contribution in [2.24, 2.45) is 0 Å². The molecule has 2 rings (SSSR count). The van der Waals surface area contributed by atoms with Gasteiger partial charge in [0.25, 0.3) is 5.91 Å². The van der Waals surface area contributed by atoms with Crippen LogP contribution in [0.5, 0.6) is 0 Å². The maximum Gasteiger partial charge on any atom is 0.254 e. The Labute approximate surface area is 101 Å². The fraction of sp³-hybridized carbons (Fsp3) is 0.462. The maximum absolute atomic E-state index is 12.3. The molecule has 1 atom stereocenters. The lowest BCUT2D eigenvalue weighted by atomic mass is 10.1. The van der Waals surface area contributed by atoms with Gasteiger partial charge in [-0.2, -0.15) is 0 Å². The zero-order chi connectivity index (χ0) is 12.3. The summed E-state index contributed by atoms with van der Waals surface area (Å²) in [7, 11) is 0. The standard InChI is InChI=1S/C13H17NO3/c1-10-4-2-3-5-12(10)13(16)14-6-7-17-11(8-14)9-15/h2-5,11,15H,6-9H2,1H3. The molecule has 1 N–H and O–H groups in total. The first kappa shape index (κ1) is 12.1. The molecular formula is C13H17NO3. The molecule has 1 heterocycles. The van der Waals surface area contributed by atoms with E-state index in [0.29, 0.717) is 19.7 Å². The summed E-state index contributed by atoms with van der Waals surface area (Å²) in [5.74, 6) is 0.0184. The summed E-state index contributed by atoms with van der Waals surface area (Å²) in [5.41, 5.74) is 1.70. The second-order valence-corrected chi connectivity index (χ2v) is 4.24. The van der Waals surface area contributed by atoms with E-state index in [-0.39, 0.29) is 18.6 Å². The van der Waals surface area contributed by atoms with E-state index in [9.17, 15) is 4.79 Å². The van der Waals surface area contributed by atoms with Crippen molar-refractivity contribution in [3.8, 4) is 0 Å². The van der Waals surface area contributed by atoms with Crippen molar-refractivity contribution < 1.29 is 14.6 Å². The van der Waals surface area contributed by atoms with Crippen LogP contribution in [-0.4, -0.2) is 48.3 Å². The Morgan fingerprint density at radius 2 is 2.29 bits per heavy atom. The molecule has 0 bridgehead atoms. The molecule has 4 heteroatoms. The number of carbonyl (C=O) groups excluding carboxylic acids is 1. The van der Waals surface area contributed by atoms with E-state index < -0.39 is 0 Å². The second-order valence-electron chi connectivity index (χ2n) is 4.24. The van der Waals surface area contributed by atoms with Crippen LogP contribution < -0.4 is 0 Å². The summed E-state index contributed by atoms with van der Waals surface area (Å²) < 4.78 is 5.33. The number of hydrogen-bond donors (Lipinski definition) is 1. The number of amides is 1. The fourth-order valence-electron chi connectivity index (χ4n) is 2.00. The highest BCUT2D eigenvalue weighted by atomic mass is 16.5. The van der Waals surface area contributed by atoms with Crippen molar-refractivity contribution in [2.75, 3.05) is 26.3 Å². The number of carbonyl (C=O) groups is 1. The van der Waals surface area contributed by atoms with Crippen LogP contribution in [0.25, 0.3) is 0 Å². The average molecular weight is 235 g/mol. The van der Waals surface area contributed by atoms with Gasteiger partial charge in [0.1, 0.15) is 0 Å². The first-order valence-corrected chi connectivity index (χ1v) is 5.79. The van der Waals surface area contributed by atoms with Gasteiger partial charge in [-0.3, -0.25) is 4.79 Å². The zero-order valence-electron chi connectivity index (χ0n) is 9.93. The Morgan fingerprint density at radius 3 is 3.00 bits per heavy atom. The van der Waals surface area contributed by atoms with Gasteiger partial charge in [0.2, 0.25) is 0 Å². The zero-order valence-corrected chi connectivity index (χ0v) is 9.93. The van der Waals surface area contributed by atoms with Gasteiger partial charge in [0.05, 0.1) is 19.3 Å². The molecule has 1 amide bonds. The van der Waals surface area contributed by atoms with Crippen LogP contribution in [0.3, 0.4) is 0 Å². The number of benzene rings is 1. The quantitative estimate of drug-likeness (QED) is 0.826. The van der Waals surface area contributed by atoms with E-state index in [4.69, 9.17) is 9.84 Å². The molecule has 1 unspecified atom stereocenters. The number of aliphatic hydroxyl groups excluding tert-OH is 1. The van der Waals surface area contributed by atoms with Gasteiger partial charge >= 0.3 is 0 Å². The average Bonchev–Trinajstić information content (AvgIpc) is 2.38. The van der Waals surface area contributed by atoms with Crippen molar-refractivity contribution in [3.63, 3.8) is 0 Å². The number of aryl methyl sites for hydroxylation is 1. The Kier molecular flexibility index (Phi) is 3.76. The van der Waals surface area contributed by atoms with E-state index in [0.717, 1.165) is 11.1 Å². The van der Waals surface area contributed by atoms with Crippen molar-refractivity contribution >= 4 is 5.91 Å². The molecule has 1 aliphatic rings. The summed E-state index contributed by atoms with van der Waals surface area (Å²) in [6.45, 7) is 3.42. The first-order valence-electron chi connectivity index (χ1n) is 5.79. The predicted molar refractivity (Wildman–Crippen MR) is 63.9 cm³/mol. The van der Waals surface area contributed by atoms with Gasteiger partial charge in [-0.25, -0.2) is 0 Å². The SMILES string of the molecule is Cc1ccccc1C(=O)N1CCOC(CO)C1. The monoisotopic (exact) mass is 235 g/mol. The van der Waals surface area contributed by atoms with Crippen LogP contribution in [0, 0.1) is 6.92 Å². The molecular weight excluding hydrogens is 218 g/mol. The summed E-state index contributed by atoms with van der Waals surface area (Å²) in [5, 5.41) is 9.05. The molecule has 92 valence electrons. The molecule has 1 aromatic rings. The van der Waals surface area contributed by atoms with Gasteiger partial charge in [-0.1, -0.05) is 18.2 Å². The summed E-state index contributed by atoms with van der Waals surface area (Å²) in [4.78, 5) is 14.0. The van der Waals surface area contributed by atoms with Crippen LogP contribution in [0.15, 0.2) is 24.3 Å². The third kappa shape index (κ3) is 2.65. The lowest BCUT2D eigenvalue weighted by molar-refractivity contribution is -0.0447. The first-order chi connectivity index (χ1) is 8.22. The molecule has 1 aliphatic heterocycles. The van der Waals surface area contributed by atoms with Crippen molar-refractivity contribution in [2.45, 2.75) is 13.0 Å². The molecule has 1 saturated heterocycles. The summed E-state index contributed by atoms with van der Waals surface area (Å²) >= 11 is 0. The molecule has 0 saturated carbocycles. The predicted octanol–water partition coefficient (Wildman–Crippen LogP) is 0.828. The highest BCUT2D eigenvalue weighted by molar-refractivity contribution is 5.95. The van der Waals surface area contributed by atoms with Gasteiger partial charge in [-0.05, 0) is 18.6 Å². The third-order valence-corrected chi connectivity index (χ3v) is 3.01. The number of aliphatic hydroxyl groups is 1. The molecule has 1 aromatic carbocycles. The Morgan fingerprint density at radius 1 is 1.53 bits per heavy atom. The number of morpholine rings is 1. The van der Waals surface area contributed by atoms with E-state index in [1.807, 2.05) is 31.2 Å². The van der Waals surface area contributed by atoms with Crippen LogP contribution in [0.1, 0.15) is 15.9 Å². The molecule has 0 aliphatic carbocycles. The third-order valence-electron chi connectivity index (χ3n) is 3.01. The molecule has 0 radical (unpaired) electrons. The topological polar surface area (TPSA) is 49.8 Å². The molecule has 17 heavy (non-hydrogen) atoms. The van der Waals surface area contributed by atoms with Gasteiger partial charge < -0.3 is 14.7 Å². The molecule has 0 spiro atoms. The minimum absolute atomic E-state index is 0.0184. The Hall–Kier alpha value is -1.39. The maximum atomic E-state index is 12.3. The van der Waals surface area contributed by atoms with Crippen LogP contribution in [-0.2, 0) is 4.74 Å². The van der Waals surface area contributed by atoms with Crippen LogP contribution in [0.2, 0.25) is 0 Å². The van der Waals surface area contributed by atoms with E-state index in [2.05, 4.69) is 0 Å². The molecule has 4 nitrogen and oxygen atoms in total. The van der Waals surface area contributed by atoms with Crippen molar-refractivity contribution in [1.29, 1.82) is 0 Å². The second kappa shape index (κ2) is 5.29. The Balaban J connectivity index is 2.12. The van der Waals surface area contributed by atoms with Crippen LogP contribution in [0.4, 0.5) is 0 Å². The lowest BCUT2D eigenvalue weighted by Gasteiger charge is -2.32. The molecule has 0 aromatic heterocycles. The molecule has 1 fully saturated rings. The highest BCUT2D eigenvalue weighted by Gasteiger charge is 2.24. The number of hydrogen-bond acceptors (Lipinski definition) is 3. The normalized spacial score (nSPS) is 20.4. The minimum Gasteiger partial charge on any atom is -0.394 e. The minimum atomic E-state index is -0.253. The van der Waals surface area contributed by atoms with Crippen molar-refractivity contribution in [3.05, 3.63) is 35.4 Å². The van der Waals surface area contributed by atoms with Gasteiger partial charge in [0.15, 0.2) is 0 Å². The van der Waals surface area contributed by atoms with Gasteiger partial charge in [0, 0.05) is 18.7 Å². The Bertz CT molecular complexity index is 405. The number of ether oxygens (including phenoxy) is 1. The summed E-state index contributed by atoms with van der Waals surface area (Å²) in [6.07, 6.45) is -0.253. The van der Waals surface area contributed by atoms with Gasteiger partial charge in [-0.15, -0.1) is 0 Å². The summed E-state index contributed by atoms with van der Waals surface area (Å²) in [6, 6.07) is 7.55. The van der Waals surface area contributed by atoms with Crippen molar-refractivity contribution in [1.82, 2.24) is 4.90 Å². The van der Waals surface area contributed by atoms with E-state index >= 15 is 0 Å².